The highest BCUT2D eigenvalue weighted by molar-refractivity contribution is 7.13. The summed E-state index contributed by atoms with van der Waals surface area (Å²) in [6.45, 7) is 2.18. The number of aliphatic hydroxyl groups excluding tert-OH is 1. The first-order valence-corrected chi connectivity index (χ1v) is 11.9. The van der Waals surface area contributed by atoms with Crippen molar-refractivity contribution in [3.05, 3.63) is 21.9 Å². The third-order valence-corrected chi connectivity index (χ3v) is 8.66. The SMILES string of the molecule is CCC1(C(O)CCCC2C(CCCc3ccc(C(=O)O)s3)CC[C@H]2F)CCC1. The molecule has 2 N–H and O–H groups in total. The van der Waals surface area contributed by atoms with E-state index in [0.29, 0.717) is 17.2 Å². The molecule has 0 aliphatic heterocycles. The van der Waals surface area contributed by atoms with Crippen LogP contribution in [-0.2, 0) is 6.42 Å². The summed E-state index contributed by atoms with van der Waals surface area (Å²) in [5.74, 6) is -0.278. The van der Waals surface area contributed by atoms with Crippen LogP contribution >= 0.6 is 11.3 Å². The first-order chi connectivity index (χ1) is 13.4. The average molecular weight is 411 g/mol. The van der Waals surface area contributed by atoms with Crippen LogP contribution in [0, 0.1) is 17.3 Å². The molecule has 28 heavy (non-hydrogen) atoms. The zero-order valence-corrected chi connectivity index (χ0v) is 17.9. The highest BCUT2D eigenvalue weighted by Crippen LogP contribution is 2.48. The number of carboxylic acid groups (broad SMARTS) is 1. The largest absolute Gasteiger partial charge is 0.477 e. The van der Waals surface area contributed by atoms with Crippen LogP contribution in [0.5, 0.6) is 0 Å². The van der Waals surface area contributed by atoms with Gasteiger partial charge >= 0.3 is 5.97 Å². The van der Waals surface area contributed by atoms with E-state index in [2.05, 4.69) is 6.92 Å². The van der Waals surface area contributed by atoms with E-state index in [1.165, 1.54) is 17.8 Å². The molecule has 0 saturated heterocycles. The maximum absolute atomic E-state index is 14.5. The maximum Gasteiger partial charge on any atom is 0.345 e. The average Bonchev–Trinajstić information content (AvgIpc) is 3.23. The number of rotatable bonds is 11. The third kappa shape index (κ3) is 4.96. The number of thiophene rings is 1. The molecule has 2 aliphatic rings. The summed E-state index contributed by atoms with van der Waals surface area (Å²) < 4.78 is 14.5. The Morgan fingerprint density at radius 2 is 2.07 bits per heavy atom. The van der Waals surface area contributed by atoms with Gasteiger partial charge in [0.05, 0.1) is 6.10 Å². The summed E-state index contributed by atoms with van der Waals surface area (Å²) in [4.78, 5) is 12.5. The highest BCUT2D eigenvalue weighted by atomic mass is 32.1. The molecule has 0 amide bonds. The van der Waals surface area contributed by atoms with Crippen molar-refractivity contribution in [2.75, 3.05) is 0 Å². The minimum Gasteiger partial charge on any atom is -0.477 e. The molecule has 1 aromatic heterocycles. The van der Waals surface area contributed by atoms with Gasteiger partial charge in [0, 0.05) is 4.88 Å². The van der Waals surface area contributed by atoms with Gasteiger partial charge < -0.3 is 10.2 Å². The molecule has 2 aliphatic carbocycles. The Hall–Kier alpha value is -0.940. The number of aromatic carboxylic acids is 1. The van der Waals surface area contributed by atoms with Crippen molar-refractivity contribution >= 4 is 17.3 Å². The monoisotopic (exact) mass is 410 g/mol. The predicted molar refractivity (Wildman–Crippen MR) is 112 cm³/mol. The Labute approximate surface area is 172 Å². The summed E-state index contributed by atoms with van der Waals surface area (Å²) in [7, 11) is 0. The van der Waals surface area contributed by atoms with Crippen molar-refractivity contribution < 1.29 is 19.4 Å². The van der Waals surface area contributed by atoms with Gasteiger partial charge in [0.2, 0.25) is 0 Å². The van der Waals surface area contributed by atoms with Crippen LogP contribution < -0.4 is 0 Å². The van der Waals surface area contributed by atoms with Gasteiger partial charge in [-0.15, -0.1) is 11.3 Å². The number of halogens is 1. The Morgan fingerprint density at radius 1 is 1.29 bits per heavy atom. The number of hydrogen-bond acceptors (Lipinski definition) is 3. The molecule has 5 heteroatoms. The molecule has 0 bridgehead atoms. The molecule has 1 aromatic rings. The van der Waals surface area contributed by atoms with E-state index < -0.39 is 12.1 Å². The topological polar surface area (TPSA) is 57.5 Å². The van der Waals surface area contributed by atoms with E-state index in [-0.39, 0.29) is 17.4 Å². The molecule has 158 valence electrons. The normalized spacial score (nSPS) is 27.5. The van der Waals surface area contributed by atoms with Gasteiger partial charge in [0.25, 0.3) is 0 Å². The molecule has 3 nitrogen and oxygen atoms in total. The third-order valence-electron chi connectivity index (χ3n) is 7.53. The van der Waals surface area contributed by atoms with Gasteiger partial charge in [-0.3, -0.25) is 0 Å². The van der Waals surface area contributed by atoms with E-state index in [0.717, 1.165) is 69.1 Å². The van der Waals surface area contributed by atoms with Gasteiger partial charge in [-0.1, -0.05) is 19.8 Å². The summed E-state index contributed by atoms with van der Waals surface area (Å²) >= 11 is 1.35. The molecular weight excluding hydrogens is 375 g/mol. The van der Waals surface area contributed by atoms with Gasteiger partial charge in [-0.2, -0.15) is 0 Å². The molecule has 2 fully saturated rings. The van der Waals surface area contributed by atoms with Crippen molar-refractivity contribution in [3.8, 4) is 0 Å². The lowest BCUT2D eigenvalue weighted by Crippen LogP contribution is -2.40. The van der Waals surface area contributed by atoms with E-state index in [9.17, 15) is 14.3 Å². The van der Waals surface area contributed by atoms with Crippen molar-refractivity contribution in [1.29, 1.82) is 0 Å². The number of hydrogen-bond donors (Lipinski definition) is 2. The van der Waals surface area contributed by atoms with Crippen LogP contribution in [0.3, 0.4) is 0 Å². The molecule has 0 aromatic carbocycles. The molecular formula is C23H35FO3S. The van der Waals surface area contributed by atoms with Crippen molar-refractivity contribution in [3.63, 3.8) is 0 Å². The van der Waals surface area contributed by atoms with E-state index >= 15 is 0 Å². The Bertz CT molecular complexity index is 634. The molecule has 1 heterocycles. The molecule has 3 unspecified atom stereocenters. The van der Waals surface area contributed by atoms with E-state index in [1.807, 2.05) is 6.07 Å². The first-order valence-electron chi connectivity index (χ1n) is 11.1. The minimum atomic E-state index is -0.860. The lowest BCUT2D eigenvalue weighted by molar-refractivity contribution is -0.0440. The summed E-state index contributed by atoms with van der Waals surface area (Å²) in [6, 6.07) is 3.58. The van der Waals surface area contributed by atoms with E-state index in [1.54, 1.807) is 6.07 Å². The fourth-order valence-corrected chi connectivity index (χ4v) is 6.33. The van der Waals surface area contributed by atoms with Gasteiger partial charge in [0.15, 0.2) is 0 Å². The highest BCUT2D eigenvalue weighted by Gasteiger charge is 2.41. The van der Waals surface area contributed by atoms with Crippen molar-refractivity contribution in [1.82, 2.24) is 0 Å². The standard InChI is InChI=1S/C23H35FO3S/c1-2-23(14-5-15-23)21(25)9-4-8-18-16(10-12-19(18)24)6-3-7-17-11-13-20(28-17)22(26)27/h11,13,16,18-19,21,25H,2-10,12,14-15H2,1H3,(H,26,27)/t16?,18?,19-,21?/m1/s1. The second kappa shape index (κ2) is 9.71. The Balaban J connectivity index is 1.41. The van der Waals surface area contributed by atoms with Crippen LogP contribution in [0.4, 0.5) is 4.39 Å². The number of carbonyl (C=O) groups is 1. The zero-order chi connectivity index (χ0) is 20.1. The number of aryl methyl sites for hydroxylation is 1. The molecule has 4 atom stereocenters. The van der Waals surface area contributed by atoms with Crippen LogP contribution in [0.2, 0.25) is 0 Å². The van der Waals surface area contributed by atoms with Crippen LogP contribution in [0.1, 0.15) is 92.1 Å². The fraction of sp³-hybridized carbons (Fsp3) is 0.783. The number of carboxylic acids is 1. The van der Waals surface area contributed by atoms with Crippen LogP contribution in [0.15, 0.2) is 12.1 Å². The smallest absolute Gasteiger partial charge is 0.345 e. The second-order valence-electron chi connectivity index (χ2n) is 9.00. The lowest BCUT2D eigenvalue weighted by atomic mass is 9.62. The van der Waals surface area contributed by atoms with Crippen molar-refractivity contribution in [2.24, 2.45) is 17.3 Å². The predicted octanol–water partition coefficient (Wildman–Crippen LogP) is 6.24. The van der Waals surface area contributed by atoms with Crippen molar-refractivity contribution in [2.45, 2.75) is 96.2 Å². The lowest BCUT2D eigenvalue weighted by Gasteiger charge is -2.45. The van der Waals surface area contributed by atoms with Gasteiger partial charge in [-0.05, 0) is 93.6 Å². The molecule has 2 saturated carbocycles. The molecule has 0 spiro atoms. The van der Waals surface area contributed by atoms with Gasteiger partial charge in [-0.25, -0.2) is 9.18 Å². The molecule has 3 rings (SSSR count). The van der Waals surface area contributed by atoms with Crippen LogP contribution in [-0.4, -0.2) is 28.5 Å². The fourth-order valence-electron chi connectivity index (χ4n) is 5.44. The summed E-state index contributed by atoms with van der Waals surface area (Å²) in [6.07, 6.45) is 10.9. The number of alkyl halides is 1. The zero-order valence-electron chi connectivity index (χ0n) is 17.0. The Kier molecular flexibility index (Phi) is 7.54. The maximum atomic E-state index is 14.5. The quantitative estimate of drug-likeness (QED) is 0.454. The van der Waals surface area contributed by atoms with Gasteiger partial charge in [0.1, 0.15) is 11.0 Å². The van der Waals surface area contributed by atoms with E-state index in [4.69, 9.17) is 5.11 Å². The summed E-state index contributed by atoms with van der Waals surface area (Å²) in [5, 5.41) is 19.6. The Morgan fingerprint density at radius 3 is 2.68 bits per heavy atom. The minimum absolute atomic E-state index is 0.143. The second-order valence-corrected chi connectivity index (χ2v) is 10.2. The number of aliphatic hydroxyl groups is 1. The van der Waals surface area contributed by atoms with Crippen LogP contribution in [0.25, 0.3) is 0 Å². The summed E-state index contributed by atoms with van der Waals surface area (Å²) in [5.41, 5.74) is 0.152. The molecule has 0 radical (unpaired) electrons. The first kappa shape index (κ1) is 21.8.